The van der Waals surface area contributed by atoms with Crippen LogP contribution in [-0.4, -0.2) is 23.3 Å². The summed E-state index contributed by atoms with van der Waals surface area (Å²) in [6, 6.07) is 9.40. The molecule has 0 atom stereocenters. The number of amides is 2. The molecule has 1 aromatic heterocycles. The first-order valence-electron chi connectivity index (χ1n) is 9.19. The molecule has 6 nitrogen and oxygen atoms in total. The molecular weight excluding hydrogens is 342 g/mol. The number of rotatable bonds is 9. The Labute approximate surface area is 160 Å². The number of hydrogen-bond donors (Lipinski definition) is 2. The Hall–Kier alpha value is -2.89. The summed E-state index contributed by atoms with van der Waals surface area (Å²) in [6.07, 6.45) is 4.59. The number of nitrogens with zero attached hydrogens (tertiary/aromatic N) is 1. The van der Waals surface area contributed by atoms with Gasteiger partial charge in [0, 0.05) is 26.0 Å². The highest BCUT2D eigenvalue weighted by Crippen LogP contribution is 2.23. The van der Waals surface area contributed by atoms with Crippen LogP contribution in [0.25, 0.3) is 0 Å². The minimum Gasteiger partial charge on any atom is -0.439 e. The fraction of sp³-hybridized carbons (Fsp3) is 0.381. The highest BCUT2D eigenvalue weighted by molar-refractivity contribution is 5.90. The number of ether oxygens (including phenoxy) is 1. The highest BCUT2D eigenvalue weighted by atomic mass is 16.5. The van der Waals surface area contributed by atoms with Crippen molar-refractivity contribution in [3.63, 3.8) is 0 Å². The third-order valence-electron chi connectivity index (χ3n) is 4.18. The minimum atomic E-state index is -0.0424. The second-order valence-corrected chi connectivity index (χ2v) is 6.58. The smallest absolute Gasteiger partial charge is 0.224 e. The van der Waals surface area contributed by atoms with Crippen LogP contribution in [0.5, 0.6) is 11.6 Å². The van der Waals surface area contributed by atoms with Crippen molar-refractivity contribution in [2.75, 3.05) is 11.9 Å². The van der Waals surface area contributed by atoms with Gasteiger partial charge in [-0.15, -0.1) is 0 Å². The Kier molecular flexibility index (Phi) is 7.79. The van der Waals surface area contributed by atoms with Crippen LogP contribution in [0, 0.1) is 13.8 Å². The van der Waals surface area contributed by atoms with Crippen molar-refractivity contribution in [1.82, 2.24) is 10.3 Å². The molecule has 0 spiro atoms. The monoisotopic (exact) mass is 369 g/mol. The van der Waals surface area contributed by atoms with Crippen molar-refractivity contribution in [3.05, 3.63) is 47.7 Å². The van der Waals surface area contributed by atoms with Crippen molar-refractivity contribution in [2.24, 2.45) is 0 Å². The number of hydrogen-bond acceptors (Lipinski definition) is 4. The molecule has 0 bridgehead atoms. The number of unbranched alkanes of at least 4 members (excludes halogenated alkanes) is 2. The van der Waals surface area contributed by atoms with Gasteiger partial charge in [-0.25, -0.2) is 4.98 Å². The Bertz CT molecular complexity index is 773. The molecule has 1 aromatic carbocycles. The molecule has 0 radical (unpaired) electrons. The van der Waals surface area contributed by atoms with E-state index in [0.717, 1.165) is 30.6 Å². The van der Waals surface area contributed by atoms with Gasteiger partial charge in [0.2, 0.25) is 17.7 Å². The van der Waals surface area contributed by atoms with E-state index in [-0.39, 0.29) is 11.8 Å². The largest absolute Gasteiger partial charge is 0.439 e. The van der Waals surface area contributed by atoms with Crippen LogP contribution < -0.4 is 15.4 Å². The van der Waals surface area contributed by atoms with Gasteiger partial charge in [-0.3, -0.25) is 9.59 Å². The van der Waals surface area contributed by atoms with Gasteiger partial charge in [-0.1, -0.05) is 12.5 Å². The summed E-state index contributed by atoms with van der Waals surface area (Å²) in [5, 5.41) is 5.57. The van der Waals surface area contributed by atoms with Crippen LogP contribution in [-0.2, 0) is 9.59 Å². The molecule has 0 unspecified atom stereocenters. The first-order valence-corrected chi connectivity index (χ1v) is 9.19. The summed E-state index contributed by atoms with van der Waals surface area (Å²) in [5.41, 5.74) is 3.02. The maximum absolute atomic E-state index is 12.0. The van der Waals surface area contributed by atoms with Crippen molar-refractivity contribution in [1.29, 1.82) is 0 Å². The summed E-state index contributed by atoms with van der Waals surface area (Å²) >= 11 is 0. The normalized spacial score (nSPS) is 10.3. The fourth-order valence-corrected chi connectivity index (χ4v) is 2.49. The van der Waals surface area contributed by atoms with Gasteiger partial charge in [0.25, 0.3) is 0 Å². The Balaban J connectivity index is 1.73. The van der Waals surface area contributed by atoms with Crippen LogP contribution in [0.4, 0.5) is 5.69 Å². The van der Waals surface area contributed by atoms with Crippen LogP contribution in [0.3, 0.4) is 0 Å². The van der Waals surface area contributed by atoms with E-state index in [1.54, 1.807) is 18.3 Å². The average molecular weight is 369 g/mol. The minimum absolute atomic E-state index is 0.0230. The van der Waals surface area contributed by atoms with Crippen LogP contribution >= 0.6 is 0 Å². The van der Waals surface area contributed by atoms with Crippen LogP contribution in [0.2, 0.25) is 0 Å². The molecule has 6 heteroatoms. The van der Waals surface area contributed by atoms with Crippen LogP contribution in [0.15, 0.2) is 36.5 Å². The van der Waals surface area contributed by atoms with E-state index < -0.39 is 0 Å². The van der Waals surface area contributed by atoms with Gasteiger partial charge in [-0.05, 0) is 56.0 Å². The number of aryl methyl sites for hydroxylation is 2. The quantitative estimate of drug-likeness (QED) is 0.652. The van der Waals surface area contributed by atoms with Crippen molar-refractivity contribution in [3.8, 4) is 11.6 Å². The standard InChI is InChI=1S/C21H27N3O3/c1-15-8-10-19(13-16(15)2)27-21-11-9-18(14-23-21)24-20(26)7-5-4-6-12-22-17(3)25/h8-11,13-14H,4-7,12H2,1-3H3,(H,22,25)(H,24,26). The van der Waals surface area contributed by atoms with E-state index in [0.29, 0.717) is 24.5 Å². The zero-order chi connectivity index (χ0) is 19.6. The lowest BCUT2D eigenvalue weighted by Gasteiger charge is -2.09. The summed E-state index contributed by atoms with van der Waals surface area (Å²) in [4.78, 5) is 27.0. The Morgan fingerprint density at radius 1 is 1.04 bits per heavy atom. The predicted octanol–water partition coefficient (Wildman–Crippen LogP) is 4.13. The number of carbonyl (C=O) groups excluding carboxylic acids is 2. The lowest BCUT2D eigenvalue weighted by atomic mass is 10.1. The number of nitrogens with one attached hydrogen (secondary N) is 2. The second kappa shape index (κ2) is 10.3. The molecule has 2 N–H and O–H groups in total. The van der Waals surface area contributed by atoms with Crippen LogP contribution in [0.1, 0.15) is 43.7 Å². The topological polar surface area (TPSA) is 80.3 Å². The third-order valence-corrected chi connectivity index (χ3v) is 4.18. The maximum atomic E-state index is 12.0. The van der Waals surface area contributed by atoms with E-state index in [9.17, 15) is 9.59 Å². The molecule has 2 rings (SSSR count). The number of aromatic nitrogens is 1. The molecule has 0 saturated heterocycles. The van der Waals surface area contributed by atoms with Gasteiger partial charge < -0.3 is 15.4 Å². The van der Waals surface area contributed by atoms with E-state index in [1.165, 1.54) is 12.5 Å². The molecule has 27 heavy (non-hydrogen) atoms. The average Bonchev–Trinajstić information content (AvgIpc) is 2.62. The van der Waals surface area contributed by atoms with Gasteiger partial charge >= 0.3 is 0 Å². The van der Waals surface area contributed by atoms with Crippen molar-refractivity contribution in [2.45, 2.75) is 46.5 Å². The molecule has 2 aromatic rings. The zero-order valence-corrected chi connectivity index (χ0v) is 16.2. The molecule has 144 valence electrons. The van der Waals surface area contributed by atoms with Gasteiger partial charge in [0.05, 0.1) is 11.9 Å². The van der Waals surface area contributed by atoms with E-state index >= 15 is 0 Å². The van der Waals surface area contributed by atoms with Gasteiger partial charge in [-0.2, -0.15) is 0 Å². The van der Waals surface area contributed by atoms with Crippen molar-refractivity contribution >= 4 is 17.5 Å². The molecule has 0 aliphatic heterocycles. The molecular formula is C21H27N3O3. The lowest BCUT2D eigenvalue weighted by Crippen LogP contribution is -2.20. The molecule has 0 fully saturated rings. The summed E-state index contributed by atoms with van der Waals surface area (Å²) in [5.74, 6) is 1.15. The number of carbonyl (C=O) groups is 2. The number of anilines is 1. The summed E-state index contributed by atoms with van der Waals surface area (Å²) < 4.78 is 5.74. The second-order valence-electron chi connectivity index (χ2n) is 6.58. The molecule has 1 heterocycles. The Morgan fingerprint density at radius 2 is 1.85 bits per heavy atom. The molecule has 0 saturated carbocycles. The fourth-order valence-electron chi connectivity index (χ4n) is 2.49. The maximum Gasteiger partial charge on any atom is 0.224 e. The molecule has 0 aliphatic rings. The highest BCUT2D eigenvalue weighted by Gasteiger charge is 2.05. The predicted molar refractivity (Wildman–Crippen MR) is 106 cm³/mol. The zero-order valence-electron chi connectivity index (χ0n) is 16.2. The SMILES string of the molecule is CC(=O)NCCCCCC(=O)Nc1ccc(Oc2ccc(C)c(C)c2)nc1. The van der Waals surface area contributed by atoms with Crippen molar-refractivity contribution < 1.29 is 14.3 Å². The lowest BCUT2D eigenvalue weighted by molar-refractivity contribution is -0.119. The first kappa shape index (κ1) is 20.4. The van der Waals surface area contributed by atoms with E-state index in [4.69, 9.17) is 4.74 Å². The van der Waals surface area contributed by atoms with Gasteiger partial charge in [0.1, 0.15) is 5.75 Å². The molecule has 2 amide bonds. The van der Waals surface area contributed by atoms with E-state index in [1.807, 2.05) is 25.1 Å². The first-order chi connectivity index (χ1) is 12.9. The third kappa shape index (κ3) is 7.48. The number of benzene rings is 1. The van der Waals surface area contributed by atoms with E-state index in [2.05, 4.69) is 22.5 Å². The van der Waals surface area contributed by atoms with Gasteiger partial charge in [0.15, 0.2) is 0 Å². The summed E-state index contributed by atoms with van der Waals surface area (Å²) in [7, 11) is 0. The molecule has 0 aliphatic carbocycles. The Morgan fingerprint density at radius 3 is 2.52 bits per heavy atom. The number of pyridine rings is 1. The summed E-state index contributed by atoms with van der Waals surface area (Å²) in [6.45, 7) is 6.24.